The number of rotatable bonds is 0. The Labute approximate surface area is 106 Å². The Bertz CT molecular complexity index is 215. The summed E-state index contributed by atoms with van der Waals surface area (Å²) in [4.78, 5) is 1.81. The van der Waals surface area contributed by atoms with Crippen LogP contribution in [0.1, 0.15) is 6.42 Å². The Balaban J connectivity index is 2.24. The van der Waals surface area contributed by atoms with Crippen LogP contribution >= 0.6 is 63.7 Å². The third-order valence-electron chi connectivity index (χ3n) is 2.74. The molecule has 0 amide bonds. The predicted molar refractivity (Wildman–Crippen MR) is 66.8 cm³/mol. The maximum absolute atomic E-state index is 3.75. The Kier molecular flexibility index (Phi) is 3.11. The summed E-state index contributed by atoms with van der Waals surface area (Å²) in [7, 11) is 0. The minimum Gasteiger partial charge on any atom is -0.0883 e. The SMILES string of the molecule is BrC1=CCC2C(Br)C([C@H]2Br)[C@H]1Br. The molecule has 0 N–H and O–H groups in total. The van der Waals surface area contributed by atoms with Crippen molar-refractivity contribution in [2.45, 2.75) is 20.9 Å². The van der Waals surface area contributed by atoms with Crippen molar-refractivity contribution in [2.24, 2.45) is 11.8 Å². The summed E-state index contributed by atoms with van der Waals surface area (Å²) in [6.45, 7) is 0. The first kappa shape index (κ1) is 10.2. The third-order valence-corrected chi connectivity index (χ3v) is 7.85. The second kappa shape index (κ2) is 3.67. The van der Waals surface area contributed by atoms with E-state index in [0.29, 0.717) is 20.4 Å². The van der Waals surface area contributed by atoms with Gasteiger partial charge in [-0.2, -0.15) is 0 Å². The van der Waals surface area contributed by atoms with Gasteiger partial charge in [-0.25, -0.2) is 0 Å². The van der Waals surface area contributed by atoms with Gasteiger partial charge in [0.05, 0.1) is 4.83 Å². The molecule has 1 saturated carbocycles. The van der Waals surface area contributed by atoms with Crippen LogP contribution in [0.4, 0.5) is 0 Å². The lowest BCUT2D eigenvalue weighted by atomic mass is 9.73. The zero-order valence-electron chi connectivity index (χ0n) is 6.18. The van der Waals surface area contributed by atoms with E-state index >= 15 is 0 Å². The van der Waals surface area contributed by atoms with Crippen LogP contribution < -0.4 is 0 Å². The van der Waals surface area contributed by atoms with Crippen molar-refractivity contribution in [1.82, 2.24) is 0 Å². The Morgan fingerprint density at radius 1 is 1.17 bits per heavy atom. The van der Waals surface area contributed by atoms with Crippen LogP contribution in [0.3, 0.4) is 0 Å². The van der Waals surface area contributed by atoms with Crippen LogP contribution in [0, 0.1) is 11.8 Å². The molecule has 3 rings (SSSR count). The zero-order chi connectivity index (χ0) is 8.88. The summed E-state index contributed by atoms with van der Waals surface area (Å²) in [5.41, 5.74) is 0. The van der Waals surface area contributed by atoms with Gasteiger partial charge in [-0.15, -0.1) is 0 Å². The second-order valence-corrected chi connectivity index (χ2v) is 7.37. The summed E-state index contributed by atoms with van der Waals surface area (Å²) in [5, 5.41) is 0. The highest BCUT2D eigenvalue weighted by molar-refractivity contribution is 9.14. The van der Waals surface area contributed by atoms with Gasteiger partial charge in [-0.1, -0.05) is 69.8 Å². The number of fused-ring (bicyclic) bond motifs is 2. The number of hydrogen-bond acceptors (Lipinski definition) is 0. The quantitative estimate of drug-likeness (QED) is 0.512. The van der Waals surface area contributed by atoms with E-state index in [1.807, 2.05) is 0 Å². The molecule has 5 atom stereocenters. The van der Waals surface area contributed by atoms with E-state index in [0.717, 1.165) is 5.92 Å². The van der Waals surface area contributed by atoms with E-state index < -0.39 is 0 Å². The number of allylic oxidation sites excluding steroid dienone is 2. The van der Waals surface area contributed by atoms with Gasteiger partial charge in [-0.3, -0.25) is 0 Å². The highest BCUT2D eigenvalue weighted by Crippen LogP contribution is 2.54. The first-order valence-electron chi connectivity index (χ1n) is 3.90. The standard InChI is InChI=1S/C8H8Br4/c9-4-2-1-3-6(10)5(7(3)11)8(4)12/h2-3,5-8H,1H2/t3?,5?,6-,7?,8-/m0/s1. The summed E-state index contributed by atoms with van der Waals surface area (Å²) in [5.74, 6) is 1.45. The predicted octanol–water partition coefficient (Wildman–Crippen LogP) is 4.21. The smallest absolute Gasteiger partial charge is 0.0507 e. The molecule has 0 aromatic carbocycles. The molecular formula is C8H8Br4. The van der Waals surface area contributed by atoms with Gasteiger partial charge in [-0.05, 0) is 12.3 Å². The fourth-order valence-electron chi connectivity index (χ4n) is 1.90. The molecule has 1 fully saturated rings. The molecular weight excluding hydrogens is 416 g/mol. The molecule has 68 valence electrons. The van der Waals surface area contributed by atoms with E-state index in [4.69, 9.17) is 0 Å². The van der Waals surface area contributed by atoms with Crippen LogP contribution in [0.2, 0.25) is 0 Å². The largest absolute Gasteiger partial charge is 0.0883 e. The molecule has 3 aliphatic rings. The molecule has 0 aromatic rings. The van der Waals surface area contributed by atoms with Crippen molar-refractivity contribution < 1.29 is 0 Å². The zero-order valence-corrected chi connectivity index (χ0v) is 12.5. The molecule has 4 heteroatoms. The molecule has 3 aliphatic carbocycles. The lowest BCUT2D eigenvalue weighted by Gasteiger charge is -2.47. The van der Waals surface area contributed by atoms with Crippen molar-refractivity contribution in [3.05, 3.63) is 10.6 Å². The molecule has 0 aromatic heterocycles. The first-order valence-corrected chi connectivity index (χ1v) is 7.44. The molecule has 0 nitrogen and oxygen atoms in total. The van der Waals surface area contributed by atoms with Crippen LogP contribution in [0.25, 0.3) is 0 Å². The lowest BCUT2D eigenvalue weighted by molar-refractivity contribution is 0.254. The summed E-state index contributed by atoms with van der Waals surface area (Å²) in [6, 6.07) is 0. The molecule has 0 radical (unpaired) electrons. The Hall–Kier alpha value is 1.66. The summed E-state index contributed by atoms with van der Waals surface area (Å²) >= 11 is 14.8. The van der Waals surface area contributed by atoms with Gasteiger partial charge in [0.15, 0.2) is 0 Å². The van der Waals surface area contributed by atoms with Gasteiger partial charge >= 0.3 is 0 Å². The van der Waals surface area contributed by atoms with E-state index in [1.165, 1.54) is 10.9 Å². The van der Waals surface area contributed by atoms with E-state index in [2.05, 4.69) is 69.8 Å². The van der Waals surface area contributed by atoms with E-state index in [-0.39, 0.29) is 0 Å². The Morgan fingerprint density at radius 2 is 1.75 bits per heavy atom. The fraction of sp³-hybridized carbons (Fsp3) is 0.750. The van der Waals surface area contributed by atoms with Gasteiger partial charge < -0.3 is 0 Å². The van der Waals surface area contributed by atoms with Crippen LogP contribution in [-0.2, 0) is 0 Å². The molecule has 0 heterocycles. The second-order valence-electron chi connectivity index (χ2n) is 3.36. The van der Waals surface area contributed by atoms with Crippen LogP contribution in [0.15, 0.2) is 10.6 Å². The van der Waals surface area contributed by atoms with Gasteiger partial charge in [0.1, 0.15) is 0 Å². The highest BCUT2D eigenvalue weighted by atomic mass is 79.9. The fourth-order valence-corrected chi connectivity index (χ4v) is 7.24. The van der Waals surface area contributed by atoms with Crippen LogP contribution in [0.5, 0.6) is 0 Å². The third kappa shape index (κ3) is 1.41. The van der Waals surface area contributed by atoms with E-state index in [1.54, 1.807) is 0 Å². The van der Waals surface area contributed by atoms with Crippen molar-refractivity contribution in [3.63, 3.8) is 0 Å². The molecule has 12 heavy (non-hydrogen) atoms. The van der Waals surface area contributed by atoms with Crippen molar-refractivity contribution in [2.75, 3.05) is 0 Å². The number of hydrogen-bond donors (Lipinski definition) is 0. The average molecular weight is 424 g/mol. The Morgan fingerprint density at radius 3 is 2.33 bits per heavy atom. The molecule has 2 bridgehead atoms. The molecule has 0 spiro atoms. The van der Waals surface area contributed by atoms with Crippen LogP contribution in [-0.4, -0.2) is 14.5 Å². The minimum absolute atomic E-state index is 0.477. The number of alkyl halides is 3. The van der Waals surface area contributed by atoms with Gasteiger partial charge in [0.25, 0.3) is 0 Å². The lowest BCUT2D eigenvalue weighted by Crippen LogP contribution is -2.51. The van der Waals surface area contributed by atoms with Crippen molar-refractivity contribution in [3.8, 4) is 0 Å². The molecule has 3 unspecified atom stereocenters. The topological polar surface area (TPSA) is 0 Å². The summed E-state index contributed by atoms with van der Waals surface area (Å²) in [6.07, 6.45) is 3.46. The monoisotopic (exact) mass is 420 g/mol. The number of halogens is 4. The van der Waals surface area contributed by atoms with Gasteiger partial charge in [0, 0.05) is 20.1 Å². The van der Waals surface area contributed by atoms with Crippen molar-refractivity contribution >= 4 is 63.7 Å². The molecule has 0 aliphatic heterocycles. The van der Waals surface area contributed by atoms with Crippen molar-refractivity contribution in [1.29, 1.82) is 0 Å². The van der Waals surface area contributed by atoms with E-state index in [9.17, 15) is 0 Å². The highest BCUT2D eigenvalue weighted by Gasteiger charge is 2.52. The first-order chi connectivity index (χ1) is 5.63. The van der Waals surface area contributed by atoms with Gasteiger partial charge in [0.2, 0.25) is 0 Å². The average Bonchev–Trinajstić information content (AvgIpc) is 2.20. The minimum atomic E-state index is 0.477. The molecule has 0 saturated heterocycles. The normalized spacial score (nSPS) is 52.3. The maximum Gasteiger partial charge on any atom is 0.0507 e. The summed E-state index contributed by atoms with van der Waals surface area (Å²) < 4.78 is 1.31. The maximum atomic E-state index is 3.75.